The molecule has 0 aliphatic carbocycles. The summed E-state index contributed by atoms with van der Waals surface area (Å²) < 4.78 is 31.7. The molecule has 2 aromatic carbocycles. The second kappa shape index (κ2) is 7.87. The first-order valence-electron chi connectivity index (χ1n) is 7.54. The number of rotatable bonds is 5. The Hall–Kier alpha value is -3.11. The lowest BCUT2D eigenvalue weighted by atomic mass is 10.2. The van der Waals surface area contributed by atoms with Crippen molar-refractivity contribution >= 4 is 56.3 Å². The minimum Gasteiger partial charge on any atom is -0.451 e. The highest BCUT2D eigenvalue weighted by atomic mass is 35.5. The molecular weight excluding hydrogens is 418 g/mol. The zero-order valence-corrected chi connectivity index (χ0v) is 15.3. The van der Waals surface area contributed by atoms with E-state index in [0.717, 1.165) is 23.5 Å². The van der Waals surface area contributed by atoms with Gasteiger partial charge in [0.05, 0.1) is 16.0 Å². The SMILES string of the molecule is O=C(COC(=O)c1sc2cc(F)ccc2c1Cl)Nc1ccc(F)cc1[N+](=O)[O-]. The number of hydrogen-bond donors (Lipinski definition) is 1. The average molecular weight is 427 g/mol. The Bertz CT molecular complexity index is 1120. The molecule has 1 aromatic heterocycles. The van der Waals surface area contributed by atoms with Crippen molar-refractivity contribution in [2.24, 2.45) is 0 Å². The van der Waals surface area contributed by atoms with Gasteiger partial charge in [-0.3, -0.25) is 14.9 Å². The smallest absolute Gasteiger partial charge is 0.350 e. The van der Waals surface area contributed by atoms with E-state index in [2.05, 4.69) is 5.32 Å². The van der Waals surface area contributed by atoms with Gasteiger partial charge in [-0.15, -0.1) is 11.3 Å². The first-order chi connectivity index (χ1) is 13.3. The summed E-state index contributed by atoms with van der Waals surface area (Å²) >= 11 is 7.00. The lowest BCUT2D eigenvalue weighted by molar-refractivity contribution is -0.384. The Morgan fingerprint density at radius 3 is 2.57 bits per heavy atom. The minimum absolute atomic E-state index is 0.0113. The van der Waals surface area contributed by atoms with E-state index in [4.69, 9.17) is 16.3 Å². The summed E-state index contributed by atoms with van der Waals surface area (Å²) in [7, 11) is 0. The minimum atomic E-state index is -0.907. The molecule has 28 heavy (non-hydrogen) atoms. The highest BCUT2D eigenvalue weighted by molar-refractivity contribution is 7.21. The number of halogens is 3. The van der Waals surface area contributed by atoms with Gasteiger partial charge in [0.25, 0.3) is 11.6 Å². The monoisotopic (exact) mass is 426 g/mol. The van der Waals surface area contributed by atoms with Gasteiger partial charge in [0.2, 0.25) is 0 Å². The van der Waals surface area contributed by atoms with Crippen molar-refractivity contribution in [3.63, 3.8) is 0 Å². The number of nitro benzene ring substituents is 1. The highest BCUT2D eigenvalue weighted by Crippen LogP contribution is 2.36. The molecule has 3 aromatic rings. The molecular formula is C17H9ClF2N2O5S. The Morgan fingerprint density at radius 2 is 1.86 bits per heavy atom. The first-order valence-corrected chi connectivity index (χ1v) is 8.74. The van der Waals surface area contributed by atoms with Crippen LogP contribution in [0.3, 0.4) is 0 Å². The van der Waals surface area contributed by atoms with Crippen molar-refractivity contribution in [2.45, 2.75) is 0 Å². The van der Waals surface area contributed by atoms with E-state index in [1.54, 1.807) is 0 Å². The predicted molar refractivity (Wildman–Crippen MR) is 98.8 cm³/mol. The van der Waals surface area contributed by atoms with Gasteiger partial charge in [0.1, 0.15) is 22.2 Å². The largest absolute Gasteiger partial charge is 0.451 e. The molecule has 1 amide bonds. The van der Waals surface area contributed by atoms with E-state index in [9.17, 15) is 28.5 Å². The van der Waals surface area contributed by atoms with Gasteiger partial charge in [-0.1, -0.05) is 11.6 Å². The third-order valence-electron chi connectivity index (χ3n) is 3.54. The van der Waals surface area contributed by atoms with Gasteiger partial charge in [0, 0.05) is 10.1 Å². The van der Waals surface area contributed by atoms with Crippen LogP contribution in [-0.2, 0) is 9.53 Å². The molecule has 0 saturated heterocycles. The van der Waals surface area contributed by atoms with E-state index in [1.807, 2.05) is 0 Å². The van der Waals surface area contributed by atoms with Crippen LogP contribution < -0.4 is 5.32 Å². The van der Waals surface area contributed by atoms with Crippen molar-refractivity contribution in [1.29, 1.82) is 0 Å². The van der Waals surface area contributed by atoms with Crippen molar-refractivity contribution in [3.8, 4) is 0 Å². The fourth-order valence-electron chi connectivity index (χ4n) is 2.31. The number of anilines is 1. The zero-order chi connectivity index (χ0) is 20.4. The summed E-state index contributed by atoms with van der Waals surface area (Å²) in [6.45, 7) is -0.758. The molecule has 0 radical (unpaired) electrons. The predicted octanol–water partition coefficient (Wildman–Crippen LogP) is 4.54. The molecule has 0 fully saturated rings. The van der Waals surface area contributed by atoms with Gasteiger partial charge in [-0.05, 0) is 30.3 Å². The van der Waals surface area contributed by atoms with Crippen molar-refractivity contribution in [1.82, 2.24) is 0 Å². The Labute approximate surface area is 164 Å². The molecule has 7 nitrogen and oxygen atoms in total. The number of thiophene rings is 1. The van der Waals surface area contributed by atoms with Crippen LogP contribution in [0.15, 0.2) is 36.4 Å². The van der Waals surface area contributed by atoms with Crippen LogP contribution in [0.4, 0.5) is 20.2 Å². The number of amides is 1. The Balaban J connectivity index is 1.69. The number of carbonyl (C=O) groups is 2. The summed E-state index contributed by atoms with van der Waals surface area (Å²) in [5.41, 5.74) is -0.892. The topological polar surface area (TPSA) is 98.5 Å². The number of hydrogen-bond acceptors (Lipinski definition) is 6. The highest BCUT2D eigenvalue weighted by Gasteiger charge is 2.21. The molecule has 0 aliphatic rings. The molecule has 144 valence electrons. The summed E-state index contributed by atoms with van der Waals surface area (Å²) in [6, 6.07) is 6.43. The molecule has 1 N–H and O–H groups in total. The Morgan fingerprint density at radius 1 is 1.18 bits per heavy atom. The second-order valence-electron chi connectivity index (χ2n) is 5.43. The number of fused-ring (bicyclic) bond motifs is 1. The molecule has 3 rings (SSSR count). The van der Waals surface area contributed by atoms with Gasteiger partial charge in [0.15, 0.2) is 6.61 Å². The van der Waals surface area contributed by atoms with Crippen molar-refractivity contribution in [3.05, 3.63) is 68.0 Å². The molecule has 0 bridgehead atoms. The maximum atomic E-state index is 13.3. The number of nitrogens with zero attached hydrogens (tertiary/aromatic N) is 1. The van der Waals surface area contributed by atoms with Crippen LogP contribution >= 0.6 is 22.9 Å². The molecule has 11 heteroatoms. The van der Waals surface area contributed by atoms with E-state index in [0.29, 0.717) is 16.2 Å². The third-order valence-corrected chi connectivity index (χ3v) is 5.18. The van der Waals surface area contributed by atoms with Crippen LogP contribution in [0.5, 0.6) is 0 Å². The molecule has 0 spiro atoms. The van der Waals surface area contributed by atoms with Crippen molar-refractivity contribution in [2.75, 3.05) is 11.9 Å². The second-order valence-corrected chi connectivity index (χ2v) is 6.86. The number of nitro groups is 1. The van der Waals surface area contributed by atoms with E-state index < -0.39 is 40.7 Å². The Kier molecular flexibility index (Phi) is 5.52. The van der Waals surface area contributed by atoms with E-state index in [1.165, 1.54) is 18.2 Å². The molecule has 0 unspecified atom stereocenters. The molecule has 0 atom stereocenters. The third kappa shape index (κ3) is 4.07. The maximum absolute atomic E-state index is 13.3. The van der Waals surface area contributed by atoms with Gasteiger partial charge < -0.3 is 10.1 Å². The van der Waals surface area contributed by atoms with Crippen LogP contribution in [0, 0.1) is 21.7 Å². The standard InChI is InChI=1S/C17H9ClF2N2O5S/c18-15-10-3-1-9(20)6-13(10)28-16(15)17(24)27-7-14(23)21-11-4-2-8(19)5-12(11)22(25)26/h1-6H,7H2,(H,21,23). The van der Waals surface area contributed by atoms with Gasteiger partial charge >= 0.3 is 5.97 Å². The summed E-state index contributed by atoms with van der Waals surface area (Å²) in [5, 5.41) is 13.6. The van der Waals surface area contributed by atoms with Gasteiger partial charge in [-0.25, -0.2) is 13.6 Å². The summed E-state index contributed by atoms with van der Waals surface area (Å²) in [4.78, 5) is 34.1. The molecule has 1 heterocycles. The maximum Gasteiger partial charge on any atom is 0.350 e. The quantitative estimate of drug-likeness (QED) is 0.367. The lowest BCUT2D eigenvalue weighted by Crippen LogP contribution is -2.21. The summed E-state index contributed by atoms with van der Waals surface area (Å²) in [6.07, 6.45) is 0. The molecule has 0 saturated carbocycles. The first kappa shape index (κ1) is 19.6. The summed E-state index contributed by atoms with van der Waals surface area (Å²) in [5.74, 6) is -3.11. The zero-order valence-electron chi connectivity index (χ0n) is 13.7. The van der Waals surface area contributed by atoms with Crippen molar-refractivity contribution < 1.29 is 28.0 Å². The van der Waals surface area contributed by atoms with E-state index in [-0.39, 0.29) is 15.6 Å². The van der Waals surface area contributed by atoms with Crippen LogP contribution in [0.1, 0.15) is 9.67 Å². The number of ether oxygens (including phenoxy) is 1. The lowest BCUT2D eigenvalue weighted by Gasteiger charge is -2.07. The normalized spacial score (nSPS) is 10.7. The average Bonchev–Trinajstić information content (AvgIpc) is 2.97. The number of benzene rings is 2. The van der Waals surface area contributed by atoms with Crippen LogP contribution in [0.25, 0.3) is 10.1 Å². The fraction of sp³-hybridized carbons (Fsp3) is 0.0588. The number of esters is 1. The number of nitrogens with one attached hydrogen (secondary N) is 1. The van der Waals surface area contributed by atoms with Crippen LogP contribution in [0.2, 0.25) is 5.02 Å². The number of carbonyl (C=O) groups excluding carboxylic acids is 2. The fourth-order valence-corrected chi connectivity index (χ4v) is 3.74. The molecule has 0 aliphatic heterocycles. The van der Waals surface area contributed by atoms with Gasteiger partial charge in [-0.2, -0.15) is 0 Å². The van der Waals surface area contributed by atoms with E-state index >= 15 is 0 Å². The van der Waals surface area contributed by atoms with Crippen LogP contribution in [-0.4, -0.2) is 23.4 Å².